The molecule has 0 aliphatic carbocycles. The summed E-state index contributed by atoms with van der Waals surface area (Å²) in [4.78, 5) is 20.7. The van der Waals surface area contributed by atoms with Crippen LogP contribution in [0.25, 0.3) is 0 Å². The average Bonchev–Trinajstić information content (AvgIpc) is 2.68. The van der Waals surface area contributed by atoms with Crippen LogP contribution in [0, 0.1) is 13.8 Å². The molecule has 0 radical (unpaired) electrons. The van der Waals surface area contributed by atoms with Gasteiger partial charge in [-0.1, -0.05) is 12.1 Å². The Hall–Kier alpha value is -2.76. The second-order valence-electron chi connectivity index (χ2n) is 9.34. The fourth-order valence-electron chi connectivity index (χ4n) is 3.79. The van der Waals surface area contributed by atoms with Crippen molar-refractivity contribution in [1.82, 2.24) is 9.88 Å². The first-order chi connectivity index (χ1) is 14.6. The van der Waals surface area contributed by atoms with Crippen molar-refractivity contribution >= 4 is 11.8 Å². The lowest BCUT2D eigenvalue weighted by molar-refractivity contribution is 0.0126. The average molecular weight is 426 g/mol. The van der Waals surface area contributed by atoms with Crippen LogP contribution in [-0.4, -0.2) is 47.8 Å². The predicted molar refractivity (Wildman–Crippen MR) is 124 cm³/mol. The molecule has 2 aromatic rings. The van der Waals surface area contributed by atoms with Gasteiger partial charge in [-0.25, -0.2) is 4.79 Å². The molecule has 0 unspecified atom stereocenters. The highest BCUT2D eigenvalue weighted by molar-refractivity contribution is 5.68. The number of hydrogen-bond acceptors (Lipinski definition) is 5. The largest absolute Gasteiger partial charge is 0.490 e. The molecule has 1 aromatic heterocycles. The first-order valence-corrected chi connectivity index (χ1v) is 11.0. The number of carbonyl (C=O) groups excluding carboxylic acids is 1. The highest BCUT2D eigenvalue weighted by Gasteiger charge is 2.27. The molecule has 0 spiro atoms. The van der Waals surface area contributed by atoms with Crippen LogP contribution in [0.3, 0.4) is 0 Å². The summed E-state index contributed by atoms with van der Waals surface area (Å²) in [6, 6.07) is 12.5. The highest BCUT2D eigenvalue weighted by atomic mass is 16.6. The van der Waals surface area contributed by atoms with Gasteiger partial charge in [-0.05, 0) is 64.4 Å². The summed E-state index contributed by atoms with van der Waals surface area (Å²) in [6.07, 6.45) is 1.50. The highest BCUT2D eigenvalue weighted by Crippen LogP contribution is 2.23. The minimum absolute atomic E-state index is 0.119. The van der Waals surface area contributed by atoms with Crippen LogP contribution >= 0.6 is 0 Å². The Labute approximate surface area is 186 Å². The van der Waals surface area contributed by atoms with Crippen LogP contribution in [0.2, 0.25) is 0 Å². The number of carbonyl (C=O) groups is 1. The maximum Gasteiger partial charge on any atom is 0.410 e. The van der Waals surface area contributed by atoms with Gasteiger partial charge in [-0.3, -0.25) is 4.98 Å². The fraction of sp³-hybridized carbons (Fsp3) is 0.520. The van der Waals surface area contributed by atoms with Crippen molar-refractivity contribution < 1.29 is 14.3 Å². The summed E-state index contributed by atoms with van der Waals surface area (Å²) in [5, 5.41) is 0. The minimum Gasteiger partial charge on any atom is -0.490 e. The number of hydrogen-bond donors (Lipinski definition) is 0. The summed E-state index contributed by atoms with van der Waals surface area (Å²) in [7, 11) is 2.09. The van der Waals surface area contributed by atoms with Gasteiger partial charge in [-0.2, -0.15) is 0 Å². The molecule has 1 aliphatic rings. The van der Waals surface area contributed by atoms with Crippen LogP contribution < -0.4 is 9.64 Å². The van der Waals surface area contributed by atoms with E-state index < -0.39 is 5.60 Å². The van der Waals surface area contributed by atoms with E-state index in [0.29, 0.717) is 13.1 Å². The molecule has 3 rings (SSSR count). The summed E-state index contributed by atoms with van der Waals surface area (Å²) in [6.45, 7) is 11.8. The van der Waals surface area contributed by atoms with E-state index in [-0.39, 0.29) is 12.2 Å². The molecule has 31 heavy (non-hydrogen) atoms. The Balaban J connectivity index is 1.49. The number of likely N-dealkylation sites (tertiary alicyclic amines) is 1. The molecule has 1 saturated heterocycles. The smallest absolute Gasteiger partial charge is 0.410 e. The molecular weight excluding hydrogens is 390 g/mol. The van der Waals surface area contributed by atoms with Crippen molar-refractivity contribution in [3.05, 3.63) is 53.3 Å². The lowest BCUT2D eigenvalue weighted by Gasteiger charge is -2.33. The summed E-state index contributed by atoms with van der Waals surface area (Å²) in [5.41, 5.74) is 3.97. The molecule has 0 atom stereocenters. The van der Waals surface area contributed by atoms with E-state index in [1.165, 1.54) is 5.56 Å². The van der Waals surface area contributed by atoms with Crippen molar-refractivity contribution in [1.29, 1.82) is 0 Å². The number of aromatic nitrogens is 1. The van der Waals surface area contributed by atoms with Crippen LogP contribution in [0.5, 0.6) is 5.75 Å². The minimum atomic E-state index is -0.463. The normalized spacial score (nSPS) is 15.0. The third-order valence-corrected chi connectivity index (χ3v) is 5.35. The second-order valence-corrected chi connectivity index (χ2v) is 9.34. The number of ether oxygens (including phenoxy) is 2. The van der Waals surface area contributed by atoms with Gasteiger partial charge in [-0.15, -0.1) is 0 Å². The van der Waals surface area contributed by atoms with Gasteiger partial charge in [0, 0.05) is 45.2 Å². The molecule has 1 amide bonds. The lowest BCUT2D eigenvalue weighted by atomic mass is 10.1. The molecule has 0 bridgehead atoms. The van der Waals surface area contributed by atoms with Crippen LogP contribution in [0.15, 0.2) is 36.4 Å². The first-order valence-electron chi connectivity index (χ1n) is 11.0. The van der Waals surface area contributed by atoms with Crippen LogP contribution in [-0.2, 0) is 11.3 Å². The third kappa shape index (κ3) is 6.61. The second kappa shape index (κ2) is 9.58. The molecule has 6 heteroatoms. The predicted octanol–water partition coefficient (Wildman–Crippen LogP) is 5.11. The molecule has 1 aliphatic heterocycles. The number of amides is 1. The zero-order valence-corrected chi connectivity index (χ0v) is 19.6. The number of pyridine rings is 1. The van der Waals surface area contributed by atoms with Crippen molar-refractivity contribution in [2.45, 2.75) is 65.7 Å². The molecule has 0 saturated carbocycles. The Bertz CT molecular complexity index is 882. The van der Waals surface area contributed by atoms with E-state index in [9.17, 15) is 4.79 Å². The molecule has 0 N–H and O–H groups in total. The first kappa shape index (κ1) is 22.9. The Morgan fingerprint density at radius 1 is 1.10 bits per heavy atom. The third-order valence-electron chi connectivity index (χ3n) is 5.35. The van der Waals surface area contributed by atoms with E-state index in [2.05, 4.69) is 35.1 Å². The van der Waals surface area contributed by atoms with E-state index in [1.807, 2.05) is 52.8 Å². The van der Waals surface area contributed by atoms with E-state index in [1.54, 1.807) is 4.90 Å². The van der Waals surface area contributed by atoms with E-state index in [4.69, 9.17) is 9.47 Å². The maximum absolute atomic E-state index is 12.2. The summed E-state index contributed by atoms with van der Waals surface area (Å²) >= 11 is 0. The van der Waals surface area contributed by atoms with Gasteiger partial charge in [0.25, 0.3) is 0 Å². The monoisotopic (exact) mass is 425 g/mol. The summed E-state index contributed by atoms with van der Waals surface area (Å²) in [5.74, 6) is 0.871. The number of piperidine rings is 1. The number of nitrogens with zero attached hydrogens (tertiary/aromatic N) is 3. The number of benzene rings is 1. The Morgan fingerprint density at radius 3 is 2.32 bits per heavy atom. The van der Waals surface area contributed by atoms with E-state index in [0.717, 1.165) is 42.2 Å². The quantitative estimate of drug-likeness (QED) is 0.666. The SMILES string of the molecule is Cc1ccc(N(C)Cc2ccc(OC3CCN(C(=O)OC(C)(C)C)CC3)cc2)c(C)n1. The van der Waals surface area contributed by atoms with Gasteiger partial charge in [0.2, 0.25) is 0 Å². The van der Waals surface area contributed by atoms with Crippen molar-refractivity contribution in [3.63, 3.8) is 0 Å². The number of anilines is 1. The zero-order chi connectivity index (χ0) is 22.6. The van der Waals surface area contributed by atoms with Gasteiger partial charge in [0.15, 0.2) is 0 Å². The van der Waals surface area contributed by atoms with Crippen molar-refractivity contribution in [3.8, 4) is 5.75 Å². The molecule has 1 fully saturated rings. The van der Waals surface area contributed by atoms with Gasteiger partial charge in [0.05, 0.1) is 11.4 Å². The topological polar surface area (TPSA) is 54.9 Å². The Morgan fingerprint density at radius 2 is 1.74 bits per heavy atom. The van der Waals surface area contributed by atoms with Gasteiger partial charge < -0.3 is 19.3 Å². The molecule has 6 nitrogen and oxygen atoms in total. The zero-order valence-electron chi connectivity index (χ0n) is 19.6. The van der Waals surface area contributed by atoms with E-state index >= 15 is 0 Å². The Kier molecular flexibility index (Phi) is 7.08. The molecule has 2 heterocycles. The fourth-order valence-corrected chi connectivity index (χ4v) is 3.79. The standard InChI is InChI=1S/C25H35N3O3/c1-18-7-12-23(19(2)26-18)27(6)17-20-8-10-21(11-9-20)30-22-13-15-28(16-14-22)24(29)31-25(3,4)5/h7-12,22H,13-17H2,1-6H3. The molecule has 168 valence electrons. The van der Waals surface area contributed by atoms with Crippen molar-refractivity contribution in [2.24, 2.45) is 0 Å². The van der Waals surface area contributed by atoms with Gasteiger partial charge in [0.1, 0.15) is 17.5 Å². The van der Waals surface area contributed by atoms with Crippen LogP contribution in [0.4, 0.5) is 10.5 Å². The van der Waals surface area contributed by atoms with Gasteiger partial charge >= 0.3 is 6.09 Å². The number of aryl methyl sites for hydroxylation is 2. The maximum atomic E-state index is 12.2. The van der Waals surface area contributed by atoms with Crippen LogP contribution in [0.1, 0.15) is 50.6 Å². The molecule has 1 aromatic carbocycles. The molecular formula is C25H35N3O3. The lowest BCUT2D eigenvalue weighted by Crippen LogP contribution is -2.44. The van der Waals surface area contributed by atoms with Crippen molar-refractivity contribution in [2.75, 3.05) is 25.0 Å². The number of rotatable bonds is 5. The summed E-state index contributed by atoms with van der Waals surface area (Å²) < 4.78 is 11.6.